The number of methoxy groups -OCH3 is 1. The van der Waals surface area contributed by atoms with E-state index in [4.69, 9.17) is 10.5 Å². The molecule has 3 N–H and O–H groups in total. The van der Waals surface area contributed by atoms with Crippen molar-refractivity contribution in [1.82, 2.24) is 10.3 Å². The maximum absolute atomic E-state index is 12.2. The van der Waals surface area contributed by atoms with E-state index in [0.717, 1.165) is 10.9 Å². The number of nitrogens with two attached hydrogens (primary N) is 1. The number of pyridine rings is 1. The molecule has 6 nitrogen and oxygen atoms in total. The fourth-order valence-electron chi connectivity index (χ4n) is 2.17. The predicted molar refractivity (Wildman–Crippen MR) is 83.8 cm³/mol. The molecule has 2 aromatic rings. The van der Waals surface area contributed by atoms with E-state index in [-0.39, 0.29) is 18.2 Å². The Balaban J connectivity index is 2.17. The molecule has 2 rings (SSSR count). The molecule has 0 radical (unpaired) electrons. The Bertz CT molecular complexity index is 713. The third-order valence-corrected chi connectivity index (χ3v) is 3.34. The minimum atomic E-state index is -0.370. The Labute approximate surface area is 128 Å². The van der Waals surface area contributed by atoms with E-state index in [2.05, 4.69) is 10.3 Å². The highest BCUT2D eigenvalue weighted by Gasteiger charge is 2.11. The lowest BCUT2D eigenvalue weighted by Crippen LogP contribution is -2.26. The van der Waals surface area contributed by atoms with Gasteiger partial charge < -0.3 is 15.8 Å². The van der Waals surface area contributed by atoms with Crippen LogP contribution in [-0.2, 0) is 4.79 Å². The second-order valence-corrected chi connectivity index (χ2v) is 5.01. The van der Waals surface area contributed by atoms with Gasteiger partial charge in [0.05, 0.1) is 23.9 Å². The number of nitrogens with one attached hydrogen (secondary N) is 1. The highest BCUT2D eigenvalue weighted by atomic mass is 16.5. The number of aryl methyl sites for hydroxylation is 1. The van der Waals surface area contributed by atoms with Gasteiger partial charge in [-0.05, 0) is 37.6 Å². The largest absolute Gasteiger partial charge is 0.497 e. The first-order valence-electron chi connectivity index (χ1n) is 7.03. The summed E-state index contributed by atoms with van der Waals surface area (Å²) in [4.78, 5) is 27.3. The van der Waals surface area contributed by atoms with Crippen molar-refractivity contribution in [1.29, 1.82) is 0 Å². The molecule has 0 aliphatic carbocycles. The Kier molecular flexibility index (Phi) is 4.93. The van der Waals surface area contributed by atoms with E-state index < -0.39 is 0 Å². The number of rotatable bonds is 6. The van der Waals surface area contributed by atoms with Crippen molar-refractivity contribution >= 4 is 22.7 Å². The minimum Gasteiger partial charge on any atom is -0.497 e. The van der Waals surface area contributed by atoms with Crippen LogP contribution in [0.1, 0.15) is 28.9 Å². The Hall–Kier alpha value is -2.63. The van der Waals surface area contributed by atoms with Crippen LogP contribution in [0.4, 0.5) is 0 Å². The summed E-state index contributed by atoms with van der Waals surface area (Å²) in [7, 11) is 1.59. The van der Waals surface area contributed by atoms with Crippen LogP contribution in [0.2, 0.25) is 0 Å². The first-order valence-corrected chi connectivity index (χ1v) is 7.03. The zero-order valence-electron chi connectivity index (χ0n) is 12.7. The first-order chi connectivity index (χ1) is 10.5. The van der Waals surface area contributed by atoms with Gasteiger partial charge in [-0.15, -0.1) is 0 Å². The maximum atomic E-state index is 12.2. The quantitative estimate of drug-likeness (QED) is 0.791. The third-order valence-electron chi connectivity index (χ3n) is 3.34. The van der Waals surface area contributed by atoms with Crippen molar-refractivity contribution in [2.75, 3.05) is 13.7 Å². The molecule has 0 saturated heterocycles. The molecular weight excluding hydrogens is 282 g/mol. The molecule has 0 saturated carbocycles. The average Bonchev–Trinajstić information content (AvgIpc) is 2.50. The number of primary amides is 1. The average molecular weight is 301 g/mol. The molecule has 22 heavy (non-hydrogen) atoms. The second-order valence-electron chi connectivity index (χ2n) is 5.01. The van der Waals surface area contributed by atoms with E-state index in [1.165, 1.54) is 0 Å². The lowest BCUT2D eigenvalue weighted by Gasteiger charge is -2.09. The van der Waals surface area contributed by atoms with Crippen LogP contribution in [0.15, 0.2) is 24.3 Å². The summed E-state index contributed by atoms with van der Waals surface area (Å²) in [6.07, 6.45) is 0.779. The molecule has 2 amide bonds. The van der Waals surface area contributed by atoms with E-state index >= 15 is 0 Å². The van der Waals surface area contributed by atoms with Gasteiger partial charge in [0, 0.05) is 18.4 Å². The van der Waals surface area contributed by atoms with Crippen LogP contribution in [0.25, 0.3) is 10.9 Å². The van der Waals surface area contributed by atoms with E-state index in [0.29, 0.717) is 30.0 Å². The summed E-state index contributed by atoms with van der Waals surface area (Å²) in [5, 5.41) is 3.61. The lowest BCUT2D eigenvalue weighted by atomic mass is 10.1. The Morgan fingerprint density at radius 1 is 1.32 bits per heavy atom. The van der Waals surface area contributed by atoms with Crippen molar-refractivity contribution in [2.24, 2.45) is 5.73 Å². The normalized spacial score (nSPS) is 10.5. The van der Waals surface area contributed by atoms with Crippen molar-refractivity contribution in [3.05, 3.63) is 35.5 Å². The highest BCUT2D eigenvalue weighted by molar-refractivity contribution is 5.98. The smallest absolute Gasteiger partial charge is 0.253 e. The van der Waals surface area contributed by atoms with Gasteiger partial charge in [0.2, 0.25) is 5.91 Å². The molecule has 0 atom stereocenters. The van der Waals surface area contributed by atoms with E-state index in [1.807, 2.05) is 18.2 Å². The standard InChI is InChI=1S/C16H19N3O3/c1-10-13(16(21)18-7-3-4-15(17)20)9-11-8-12(22-2)5-6-14(11)19-10/h5-6,8-9H,3-4,7H2,1-2H3,(H2,17,20)(H,18,21). The van der Waals surface area contributed by atoms with Gasteiger partial charge in [-0.1, -0.05) is 0 Å². The van der Waals surface area contributed by atoms with Crippen molar-refractivity contribution in [3.8, 4) is 5.75 Å². The predicted octanol–water partition coefficient (Wildman–Crippen LogP) is 1.55. The summed E-state index contributed by atoms with van der Waals surface area (Å²) < 4.78 is 5.18. The Morgan fingerprint density at radius 3 is 2.77 bits per heavy atom. The fraction of sp³-hybridized carbons (Fsp3) is 0.312. The van der Waals surface area contributed by atoms with Crippen LogP contribution >= 0.6 is 0 Å². The highest BCUT2D eigenvalue weighted by Crippen LogP contribution is 2.21. The number of hydrogen-bond acceptors (Lipinski definition) is 4. The molecule has 0 aliphatic rings. The van der Waals surface area contributed by atoms with Crippen LogP contribution in [0.3, 0.4) is 0 Å². The molecule has 0 fully saturated rings. The monoisotopic (exact) mass is 301 g/mol. The number of carbonyl (C=O) groups excluding carboxylic acids is 2. The summed E-state index contributed by atoms with van der Waals surface area (Å²) in [5.41, 5.74) is 7.04. The number of fused-ring (bicyclic) bond motifs is 1. The third kappa shape index (κ3) is 3.72. The van der Waals surface area contributed by atoms with E-state index in [1.54, 1.807) is 20.1 Å². The summed E-state index contributed by atoms with van der Waals surface area (Å²) in [5.74, 6) is 0.134. The first kappa shape index (κ1) is 15.8. The number of ether oxygens (including phenoxy) is 1. The molecule has 0 bridgehead atoms. The SMILES string of the molecule is COc1ccc2nc(C)c(C(=O)NCCCC(N)=O)cc2c1. The van der Waals surface area contributed by atoms with Crippen molar-refractivity contribution < 1.29 is 14.3 Å². The zero-order chi connectivity index (χ0) is 16.1. The van der Waals surface area contributed by atoms with E-state index in [9.17, 15) is 9.59 Å². The maximum Gasteiger partial charge on any atom is 0.253 e. The number of nitrogens with zero attached hydrogens (tertiary/aromatic N) is 1. The number of carbonyl (C=O) groups is 2. The van der Waals surface area contributed by atoms with Gasteiger partial charge in [-0.3, -0.25) is 14.6 Å². The molecule has 1 aromatic carbocycles. The number of benzene rings is 1. The summed E-state index contributed by atoms with van der Waals surface area (Å²) >= 11 is 0. The molecule has 1 aromatic heterocycles. The van der Waals surface area contributed by atoms with Gasteiger partial charge in [0.25, 0.3) is 5.91 Å². The topological polar surface area (TPSA) is 94.3 Å². The fourth-order valence-corrected chi connectivity index (χ4v) is 2.17. The molecule has 0 unspecified atom stereocenters. The summed E-state index contributed by atoms with van der Waals surface area (Å²) in [6, 6.07) is 7.32. The summed E-state index contributed by atoms with van der Waals surface area (Å²) in [6.45, 7) is 2.19. The number of aromatic nitrogens is 1. The molecule has 0 aliphatic heterocycles. The molecule has 116 valence electrons. The second kappa shape index (κ2) is 6.89. The minimum absolute atomic E-state index is 0.209. The van der Waals surface area contributed by atoms with Gasteiger partial charge in [0.1, 0.15) is 5.75 Å². The molecule has 0 spiro atoms. The van der Waals surface area contributed by atoms with Gasteiger partial charge in [-0.2, -0.15) is 0 Å². The number of hydrogen-bond donors (Lipinski definition) is 2. The van der Waals surface area contributed by atoms with Crippen LogP contribution in [0.5, 0.6) is 5.75 Å². The lowest BCUT2D eigenvalue weighted by molar-refractivity contribution is -0.118. The van der Waals surface area contributed by atoms with Crippen molar-refractivity contribution in [2.45, 2.75) is 19.8 Å². The van der Waals surface area contributed by atoms with Crippen molar-refractivity contribution in [3.63, 3.8) is 0 Å². The van der Waals surface area contributed by atoms with Crippen LogP contribution < -0.4 is 15.8 Å². The molecule has 1 heterocycles. The van der Waals surface area contributed by atoms with Crippen LogP contribution in [0, 0.1) is 6.92 Å². The van der Waals surface area contributed by atoms with Crippen LogP contribution in [-0.4, -0.2) is 30.5 Å². The Morgan fingerprint density at radius 2 is 2.09 bits per heavy atom. The molecular formula is C16H19N3O3. The molecule has 6 heteroatoms. The zero-order valence-corrected chi connectivity index (χ0v) is 12.7. The van der Waals surface area contributed by atoms with Gasteiger partial charge in [-0.25, -0.2) is 0 Å². The van der Waals surface area contributed by atoms with Gasteiger partial charge >= 0.3 is 0 Å². The number of amides is 2. The van der Waals surface area contributed by atoms with Gasteiger partial charge in [0.15, 0.2) is 0 Å².